The van der Waals surface area contributed by atoms with Gasteiger partial charge in [-0.05, 0) is 24.6 Å². The summed E-state index contributed by atoms with van der Waals surface area (Å²) in [4.78, 5) is 4.00. The number of nitrogens with zero attached hydrogens (tertiary/aromatic N) is 1. The topological polar surface area (TPSA) is 68.3 Å². The second-order valence-corrected chi connectivity index (χ2v) is 6.14. The number of rotatable bonds is 4. The summed E-state index contributed by atoms with van der Waals surface area (Å²) < 4.78 is 31.9. The van der Waals surface area contributed by atoms with Gasteiger partial charge in [0.05, 0.1) is 7.11 Å². The smallest absolute Gasteiger partial charge is 0.267 e. The maximum absolute atomic E-state index is 12.2. The molecule has 0 spiro atoms. The molecule has 0 aliphatic rings. The molecule has 0 amide bonds. The molecule has 0 bridgehead atoms. The first kappa shape index (κ1) is 12.8. The lowest BCUT2D eigenvalue weighted by molar-refractivity contribution is 0.402. The summed E-state index contributed by atoms with van der Waals surface area (Å²) in [6, 6.07) is 4.99. The van der Waals surface area contributed by atoms with Crippen molar-refractivity contribution in [2.75, 3.05) is 11.8 Å². The molecule has 18 heavy (non-hydrogen) atoms. The van der Waals surface area contributed by atoms with E-state index >= 15 is 0 Å². The summed E-state index contributed by atoms with van der Waals surface area (Å²) >= 11 is 1.22. The first-order chi connectivity index (χ1) is 8.53. The van der Waals surface area contributed by atoms with Gasteiger partial charge in [0.25, 0.3) is 10.0 Å². The summed E-state index contributed by atoms with van der Waals surface area (Å²) in [5.41, 5.74) is 0.843. The molecule has 0 saturated carbocycles. The maximum Gasteiger partial charge on any atom is 0.267 e. The van der Waals surface area contributed by atoms with Crippen LogP contribution >= 0.6 is 11.3 Å². The van der Waals surface area contributed by atoms with Gasteiger partial charge in [0.2, 0.25) is 0 Å². The molecule has 1 heterocycles. The van der Waals surface area contributed by atoms with E-state index in [0.717, 1.165) is 5.56 Å². The van der Waals surface area contributed by atoms with Crippen LogP contribution in [0, 0.1) is 6.92 Å². The highest BCUT2D eigenvalue weighted by Crippen LogP contribution is 2.27. The summed E-state index contributed by atoms with van der Waals surface area (Å²) in [6.45, 7) is 1.82. The van der Waals surface area contributed by atoms with Crippen molar-refractivity contribution in [2.24, 2.45) is 0 Å². The van der Waals surface area contributed by atoms with Crippen LogP contribution in [0.3, 0.4) is 0 Å². The largest absolute Gasteiger partial charge is 0.495 e. The van der Waals surface area contributed by atoms with Crippen LogP contribution in [-0.4, -0.2) is 20.5 Å². The van der Waals surface area contributed by atoms with Gasteiger partial charge in [0, 0.05) is 11.6 Å². The molecule has 0 aliphatic carbocycles. The molecule has 2 aromatic rings. The first-order valence-corrected chi connectivity index (χ1v) is 7.46. The lowest BCUT2D eigenvalue weighted by Crippen LogP contribution is -2.14. The van der Waals surface area contributed by atoms with Gasteiger partial charge in [-0.1, -0.05) is 6.07 Å². The van der Waals surface area contributed by atoms with Crippen LogP contribution < -0.4 is 9.46 Å². The third-order valence-electron chi connectivity index (χ3n) is 2.26. The van der Waals surface area contributed by atoms with E-state index in [0.29, 0.717) is 10.9 Å². The van der Waals surface area contributed by atoms with E-state index in [2.05, 4.69) is 9.71 Å². The van der Waals surface area contributed by atoms with E-state index in [-0.39, 0.29) is 4.90 Å². The van der Waals surface area contributed by atoms with Crippen LogP contribution in [0.15, 0.2) is 34.7 Å². The molecular formula is C11H12N2O3S2. The Balaban J connectivity index is 2.43. The number of hydrogen-bond acceptors (Lipinski definition) is 5. The number of benzene rings is 1. The minimum Gasteiger partial charge on any atom is -0.495 e. The molecule has 2 rings (SSSR count). The number of methoxy groups -OCH3 is 1. The van der Waals surface area contributed by atoms with Crippen LogP contribution in [0.5, 0.6) is 5.75 Å². The maximum atomic E-state index is 12.2. The highest BCUT2D eigenvalue weighted by Gasteiger charge is 2.20. The van der Waals surface area contributed by atoms with Crippen molar-refractivity contribution in [1.29, 1.82) is 0 Å². The fourth-order valence-corrected chi connectivity index (χ4v) is 3.48. The van der Waals surface area contributed by atoms with E-state index in [1.165, 1.54) is 24.6 Å². The van der Waals surface area contributed by atoms with Crippen LogP contribution in [0.4, 0.5) is 5.13 Å². The average Bonchev–Trinajstić information content (AvgIpc) is 2.81. The molecule has 7 heteroatoms. The summed E-state index contributed by atoms with van der Waals surface area (Å²) in [6.07, 6.45) is 1.54. The second kappa shape index (κ2) is 4.95. The molecule has 96 valence electrons. The van der Waals surface area contributed by atoms with Crippen LogP contribution in [0.1, 0.15) is 5.56 Å². The second-order valence-electron chi connectivity index (χ2n) is 3.60. The van der Waals surface area contributed by atoms with Crippen molar-refractivity contribution >= 4 is 26.5 Å². The van der Waals surface area contributed by atoms with Gasteiger partial charge in [0.15, 0.2) is 5.13 Å². The molecule has 0 radical (unpaired) electrons. The molecule has 1 N–H and O–H groups in total. The zero-order valence-electron chi connectivity index (χ0n) is 9.88. The van der Waals surface area contributed by atoms with Gasteiger partial charge in [-0.2, -0.15) is 0 Å². The number of aromatic nitrogens is 1. The van der Waals surface area contributed by atoms with Crippen molar-refractivity contribution in [3.05, 3.63) is 35.3 Å². The molecule has 0 unspecified atom stereocenters. The minimum atomic E-state index is -3.68. The van der Waals surface area contributed by atoms with E-state index < -0.39 is 10.0 Å². The van der Waals surface area contributed by atoms with Crippen molar-refractivity contribution in [2.45, 2.75) is 11.8 Å². The fraction of sp³-hybridized carbons (Fsp3) is 0.182. The molecule has 0 saturated heterocycles. The highest BCUT2D eigenvalue weighted by atomic mass is 32.2. The van der Waals surface area contributed by atoms with E-state index in [1.54, 1.807) is 23.6 Å². The number of ether oxygens (including phenoxy) is 1. The van der Waals surface area contributed by atoms with Crippen molar-refractivity contribution < 1.29 is 13.2 Å². The molecule has 0 aliphatic heterocycles. The van der Waals surface area contributed by atoms with Crippen LogP contribution in [0.25, 0.3) is 0 Å². The number of thiazole rings is 1. The van der Waals surface area contributed by atoms with Gasteiger partial charge in [-0.15, -0.1) is 11.3 Å². The third-order valence-corrected chi connectivity index (χ3v) is 4.44. The van der Waals surface area contributed by atoms with E-state index in [1.807, 2.05) is 6.92 Å². The number of nitrogens with one attached hydrogen (secondary N) is 1. The van der Waals surface area contributed by atoms with Gasteiger partial charge in [-0.3, -0.25) is 4.72 Å². The Morgan fingerprint density at radius 1 is 1.39 bits per heavy atom. The zero-order chi connectivity index (χ0) is 13.2. The summed E-state index contributed by atoms with van der Waals surface area (Å²) in [7, 11) is -2.24. The quantitative estimate of drug-likeness (QED) is 0.935. The lowest BCUT2D eigenvalue weighted by Gasteiger charge is -2.10. The zero-order valence-corrected chi connectivity index (χ0v) is 11.5. The summed E-state index contributed by atoms with van der Waals surface area (Å²) in [5.74, 6) is 0.310. The van der Waals surface area contributed by atoms with E-state index in [9.17, 15) is 8.42 Å². The van der Waals surface area contributed by atoms with Gasteiger partial charge < -0.3 is 4.74 Å². The van der Waals surface area contributed by atoms with Crippen molar-refractivity contribution in [1.82, 2.24) is 4.98 Å². The number of anilines is 1. The van der Waals surface area contributed by atoms with Crippen LogP contribution in [0.2, 0.25) is 0 Å². The first-order valence-electron chi connectivity index (χ1n) is 5.10. The predicted octanol–water partition coefficient (Wildman–Crippen LogP) is 2.26. The molecule has 0 fully saturated rings. The Morgan fingerprint density at radius 3 is 2.78 bits per heavy atom. The standard InChI is InChI=1S/C11H12N2O3S2/c1-8-3-4-9(16-2)10(7-8)18(14,15)13-11-12-5-6-17-11/h3-7H,1-2H3,(H,12,13). The Bertz CT molecular complexity index is 636. The fourth-order valence-electron chi connectivity index (χ4n) is 1.44. The molecular weight excluding hydrogens is 272 g/mol. The molecule has 1 aromatic carbocycles. The van der Waals surface area contributed by atoms with Crippen LogP contribution in [-0.2, 0) is 10.0 Å². The molecule has 5 nitrogen and oxygen atoms in total. The lowest BCUT2D eigenvalue weighted by atomic mass is 10.2. The monoisotopic (exact) mass is 284 g/mol. The van der Waals surface area contributed by atoms with Gasteiger partial charge in [0.1, 0.15) is 10.6 Å². The van der Waals surface area contributed by atoms with Gasteiger partial charge >= 0.3 is 0 Å². The van der Waals surface area contributed by atoms with Crippen molar-refractivity contribution in [3.8, 4) is 5.75 Å². The SMILES string of the molecule is COc1ccc(C)cc1S(=O)(=O)Nc1nccs1. The Hall–Kier alpha value is -1.60. The third kappa shape index (κ3) is 2.62. The molecule has 0 atom stereocenters. The minimum absolute atomic E-state index is 0.111. The van der Waals surface area contributed by atoms with Gasteiger partial charge in [-0.25, -0.2) is 13.4 Å². The Kier molecular flexibility index (Phi) is 3.53. The predicted molar refractivity (Wildman–Crippen MR) is 70.7 cm³/mol. The number of sulfonamides is 1. The molecule has 1 aromatic heterocycles. The summed E-state index contributed by atoms with van der Waals surface area (Å²) in [5, 5.41) is 2.03. The number of hydrogen-bond donors (Lipinski definition) is 1. The van der Waals surface area contributed by atoms with E-state index in [4.69, 9.17) is 4.74 Å². The Morgan fingerprint density at radius 2 is 2.17 bits per heavy atom. The average molecular weight is 284 g/mol. The normalized spacial score (nSPS) is 11.2. The number of aryl methyl sites for hydroxylation is 1. The van der Waals surface area contributed by atoms with Crippen molar-refractivity contribution in [3.63, 3.8) is 0 Å². The Labute approximate surface area is 110 Å². The highest BCUT2D eigenvalue weighted by molar-refractivity contribution is 7.93.